The average molecular weight is 330 g/mol. The molecule has 0 saturated carbocycles. The van der Waals surface area contributed by atoms with E-state index in [1.54, 1.807) is 0 Å². The minimum atomic E-state index is 0.773. The first-order chi connectivity index (χ1) is 7.58. The molecule has 0 bridgehead atoms. The number of hydrogen-bond donors (Lipinski definition) is 1. The maximum Gasteiger partial charge on any atom is 0.0600 e. The zero-order valence-electron chi connectivity index (χ0n) is 9.91. The van der Waals surface area contributed by atoms with E-state index in [9.17, 15) is 0 Å². The van der Waals surface area contributed by atoms with Crippen LogP contribution in [-0.2, 0) is 0 Å². The van der Waals surface area contributed by atoms with Crippen molar-refractivity contribution in [2.24, 2.45) is 11.8 Å². The normalized spacial score (nSPS) is 20.8. The highest BCUT2D eigenvalue weighted by Gasteiger charge is 2.25. The van der Waals surface area contributed by atoms with Gasteiger partial charge in [-0.1, -0.05) is 13.8 Å². The van der Waals surface area contributed by atoms with E-state index >= 15 is 0 Å². The van der Waals surface area contributed by atoms with Crippen LogP contribution in [0.3, 0.4) is 0 Å². The van der Waals surface area contributed by atoms with E-state index in [0.29, 0.717) is 0 Å². The van der Waals surface area contributed by atoms with Crippen LogP contribution in [0.15, 0.2) is 18.2 Å². The largest absolute Gasteiger partial charge is 0.397 e. The Labute approximate surface area is 111 Å². The summed E-state index contributed by atoms with van der Waals surface area (Å²) in [5, 5.41) is 0. The molecule has 1 aromatic carbocycles. The van der Waals surface area contributed by atoms with E-state index in [2.05, 4.69) is 59.5 Å². The van der Waals surface area contributed by atoms with Crippen molar-refractivity contribution in [1.82, 2.24) is 0 Å². The second-order valence-corrected chi connectivity index (χ2v) is 6.19. The SMILES string of the molecule is CC(C)C1CCN(c2ccc(I)cc2N)C1. The monoisotopic (exact) mass is 330 g/mol. The number of nitrogen functional groups attached to an aromatic ring is 1. The van der Waals surface area contributed by atoms with Crippen LogP contribution >= 0.6 is 22.6 Å². The first-order valence-corrected chi connectivity index (χ1v) is 6.96. The second-order valence-electron chi connectivity index (χ2n) is 4.94. The highest BCUT2D eigenvalue weighted by molar-refractivity contribution is 14.1. The molecule has 0 radical (unpaired) electrons. The lowest BCUT2D eigenvalue weighted by Crippen LogP contribution is -2.22. The van der Waals surface area contributed by atoms with Crippen molar-refractivity contribution >= 4 is 34.0 Å². The molecule has 3 heteroatoms. The van der Waals surface area contributed by atoms with Gasteiger partial charge >= 0.3 is 0 Å². The number of nitrogens with zero attached hydrogens (tertiary/aromatic N) is 1. The van der Waals surface area contributed by atoms with Crippen molar-refractivity contribution in [2.75, 3.05) is 23.7 Å². The maximum atomic E-state index is 6.08. The third kappa shape index (κ3) is 2.44. The van der Waals surface area contributed by atoms with Crippen LogP contribution in [0.5, 0.6) is 0 Å². The average Bonchev–Trinajstić information content (AvgIpc) is 2.66. The number of rotatable bonds is 2. The van der Waals surface area contributed by atoms with Crippen molar-refractivity contribution in [2.45, 2.75) is 20.3 Å². The number of hydrogen-bond acceptors (Lipinski definition) is 2. The third-order valence-electron chi connectivity index (χ3n) is 3.50. The van der Waals surface area contributed by atoms with Crippen molar-refractivity contribution in [3.63, 3.8) is 0 Å². The fourth-order valence-electron chi connectivity index (χ4n) is 2.36. The van der Waals surface area contributed by atoms with Gasteiger partial charge in [-0.05, 0) is 59.0 Å². The molecule has 0 aromatic heterocycles. The first-order valence-electron chi connectivity index (χ1n) is 5.88. The molecule has 16 heavy (non-hydrogen) atoms. The molecule has 0 spiro atoms. The summed E-state index contributed by atoms with van der Waals surface area (Å²) in [5.41, 5.74) is 8.20. The Morgan fingerprint density at radius 3 is 2.75 bits per heavy atom. The van der Waals surface area contributed by atoms with Crippen molar-refractivity contribution in [1.29, 1.82) is 0 Å². The van der Waals surface area contributed by atoms with Crippen LogP contribution in [0, 0.1) is 15.4 Å². The molecule has 1 aliphatic heterocycles. The summed E-state index contributed by atoms with van der Waals surface area (Å²) in [4.78, 5) is 2.43. The van der Waals surface area contributed by atoms with E-state index < -0.39 is 0 Å². The summed E-state index contributed by atoms with van der Waals surface area (Å²) in [6.45, 7) is 6.92. The lowest BCUT2D eigenvalue weighted by Gasteiger charge is -2.21. The minimum absolute atomic E-state index is 0.773. The van der Waals surface area contributed by atoms with Gasteiger partial charge in [-0.25, -0.2) is 0 Å². The van der Waals surface area contributed by atoms with Gasteiger partial charge in [0.25, 0.3) is 0 Å². The molecule has 2 nitrogen and oxygen atoms in total. The van der Waals surface area contributed by atoms with Gasteiger partial charge < -0.3 is 10.6 Å². The lowest BCUT2D eigenvalue weighted by molar-refractivity contribution is 0.423. The molecule has 1 aromatic rings. The molecule has 0 amide bonds. The Kier molecular flexibility index (Phi) is 3.62. The van der Waals surface area contributed by atoms with Crippen LogP contribution in [-0.4, -0.2) is 13.1 Å². The molecule has 1 aliphatic rings. The highest BCUT2D eigenvalue weighted by atomic mass is 127. The Bertz CT molecular complexity index is 376. The van der Waals surface area contributed by atoms with Gasteiger partial charge in [-0.3, -0.25) is 0 Å². The Balaban J connectivity index is 2.14. The Morgan fingerprint density at radius 1 is 1.44 bits per heavy atom. The van der Waals surface area contributed by atoms with Gasteiger partial charge in [-0.2, -0.15) is 0 Å². The predicted octanol–water partition coefficient (Wildman–Crippen LogP) is 3.36. The minimum Gasteiger partial charge on any atom is -0.397 e. The van der Waals surface area contributed by atoms with E-state index in [1.165, 1.54) is 15.7 Å². The summed E-state index contributed by atoms with van der Waals surface area (Å²) in [5.74, 6) is 1.59. The second kappa shape index (κ2) is 4.82. The Hall–Kier alpha value is -0.450. The molecule has 1 saturated heterocycles. The van der Waals surface area contributed by atoms with E-state index in [0.717, 1.165) is 30.6 Å². The van der Waals surface area contributed by atoms with Gasteiger partial charge in [0.05, 0.1) is 11.4 Å². The molecular formula is C13H19IN2. The summed E-state index contributed by atoms with van der Waals surface area (Å²) in [6, 6.07) is 6.34. The molecule has 2 N–H and O–H groups in total. The molecule has 1 fully saturated rings. The fraction of sp³-hybridized carbons (Fsp3) is 0.538. The quantitative estimate of drug-likeness (QED) is 0.666. The van der Waals surface area contributed by atoms with Gasteiger partial charge in [0.1, 0.15) is 0 Å². The van der Waals surface area contributed by atoms with Crippen molar-refractivity contribution < 1.29 is 0 Å². The lowest BCUT2D eigenvalue weighted by atomic mass is 9.95. The van der Waals surface area contributed by atoms with Crippen LogP contribution < -0.4 is 10.6 Å². The number of benzene rings is 1. The zero-order valence-corrected chi connectivity index (χ0v) is 12.1. The molecule has 88 valence electrons. The molecule has 0 aliphatic carbocycles. The number of halogens is 1. The molecule has 1 atom stereocenters. The van der Waals surface area contributed by atoms with Crippen LogP contribution in [0.25, 0.3) is 0 Å². The van der Waals surface area contributed by atoms with Gasteiger partial charge in [0.15, 0.2) is 0 Å². The molecule has 1 heterocycles. The molecular weight excluding hydrogens is 311 g/mol. The van der Waals surface area contributed by atoms with Crippen molar-refractivity contribution in [3.05, 3.63) is 21.8 Å². The highest BCUT2D eigenvalue weighted by Crippen LogP contribution is 2.32. The van der Waals surface area contributed by atoms with Crippen molar-refractivity contribution in [3.8, 4) is 0 Å². The topological polar surface area (TPSA) is 29.3 Å². The van der Waals surface area contributed by atoms with E-state index in [1.807, 2.05) is 0 Å². The van der Waals surface area contributed by atoms with Gasteiger partial charge in [-0.15, -0.1) is 0 Å². The zero-order chi connectivity index (χ0) is 11.7. The fourth-order valence-corrected chi connectivity index (χ4v) is 2.88. The van der Waals surface area contributed by atoms with Gasteiger partial charge in [0, 0.05) is 16.7 Å². The smallest absolute Gasteiger partial charge is 0.0600 e. The third-order valence-corrected chi connectivity index (χ3v) is 4.17. The van der Waals surface area contributed by atoms with Crippen LogP contribution in [0.1, 0.15) is 20.3 Å². The summed E-state index contributed by atoms with van der Waals surface area (Å²) < 4.78 is 1.21. The predicted molar refractivity (Wildman–Crippen MR) is 78.7 cm³/mol. The summed E-state index contributed by atoms with van der Waals surface area (Å²) in [6.07, 6.45) is 1.29. The Morgan fingerprint density at radius 2 is 2.19 bits per heavy atom. The number of anilines is 2. The summed E-state index contributed by atoms with van der Waals surface area (Å²) in [7, 11) is 0. The first kappa shape index (κ1) is 12.0. The maximum absolute atomic E-state index is 6.08. The van der Waals surface area contributed by atoms with E-state index in [4.69, 9.17) is 5.73 Å². The van der Waals surface area contributed by atoms with Gasteiger partial charge in [0.2, 0.25) is 0 Å². The summed E-state index contributed by atoms with van der Waals surface area (Å²) >= 11 is 2.30. The number of nitrogens with two attached hydrogens (primary N) is 1. The van der Waals surface area contributed by atoms with Crippen LogP contribution in [0.2, 0.25) is 0 Å². The van der Waals surface area contributed by atoms with E-state index in [-0.39, 0.29) is 0 Å². The van der Waals surface area contributed by atoms with Crippen LogP contribution in [0.4, 0.5) is 11.4 Å². The molecule has 2 rings (SSSR count). The standard InChI is InChI=1S/C13H19IN2/c1-9(2)10-5-6-16(8-10)13-4-3-11(14)7-12(13)15/h3-4,7,9-10H,5-6,8,15H2,1-2H3. The molecule has 1 unspecified atom stereocenters.